The molecule has 0 bridgehead atoms. The van der Waals surface area contributed by atoms with Crippen molar-refractivity contribution < 1.29 is 4.79 Å². The molecule has 3 N–H and O–H groups in total. The average molecular weight is 293 g/mol. The van der Waals surface area contributed by atoms with E-state index in [1.807, 2.05) is 18.7 Å². The first-order chi connectivity index (χ1) is 9.47. The van der Waals surface area contributed by atoms with Crippen molar-refractivity contribution in [2.75, 3.05) is 18.4 Å². The third-order valence-corrected chi connectivity index (χ3v) is 3.45. The molecule has 1 atom stereocenters. The molecule has 6 nitrogen and oxygen atoms in total. The van der Waals surface area contributed by atoms with Gasteiger partial charge in [-0.3, -0.25) is 4.79 Å². The Morgan fingerprint density at radius 3 is 2.70 bits per heavy atom. The Kier molecular flexibility index (Phi) is 4.49. The molecule has 1 fully saturated rings. The van der Waals surface area contributed by atoms with Gasteiger partial charge in [0.2, 0.25) is 11.9 Å². The summed E-state index contributed by atoms with van der Waals surface area (Å²) >= 11 is 4.92. The van der Waals surface area contributed by atoms with Gasteiger partial charge in [-0.25, -0.2) is 9.97 Å². The Bertz CT molecular complexity index is 527. The number of aryl methyl sites for hydroxylation is 1. The highest BCUT2D eigenvalue weighted by Gasteiger charge is 2.23. The van der Waals surface area contributed by atoms with Gasteiger partial charge in [-0.2, -0.15) is 0 Å². The number of aromatic nitrogens is 2. The van der Waals surface area contributed by atoms with E-state index in [-0.39, 0.29) is 16.9 Å². The van der Waals surface area contributed by atoms with Gasteiger partial charge in [0.1, 0.15) is 16.7 Å². The van der Waals surface area contributed by atoms with E-state index >= 15 is 0 Å². The molecule has 20 heavy (non-hydrogen) atoms. The standard InChI is InChI=1S/C13H19N5OS/c1-8-7-10(11(14)20)17-13(15-8)16-9(2)12(19)18-5-3-4-6-18/h7,9H,3-6H2,1-2H3,(H2,14,20)(H,15,16,17). The maximum absolute atomic E-state index is 12.2. The van der Waals surface area contributed by atoms with Crippen molar-refractivity contribution in [3.8, 4) is 0 Å². The predicted molar refractivity (Wildman–Crippen MR) is 81.6 cm³/mol. The second-order valence-electron chi connectivity index (χ2n) is 4.98. The Balaban J connectivity index is 2.08. The summed E-state index contributed by atoms with van der Waals surface area (Å²) in [6.45, 7) is 5.31. The number of anilines is 1. The number of nitrogens with one attached hydrogen (secondary N) is 1. The number of carbonyl (C=O) groups excluding carboxylic acids is 1. The Morgan fingerprint density at radius 1 is 1.45 bits per heavy atom. The third-order valence-electron chi connectivity index (χ3n) is 3.24. The van der Waals surface area contributed by atoms with Crippen LogP contribution in [0.15, 0.2) is 6.07 Å². The number of nitrogens with zero attached hydrogens (tertiary/aromatic N) is 3. The van der Waals surface area contributed by atoms with Crippen LogP contribution in [0, 0.1) is 6.92 Å². The predicted octanol–water partition coefficient (Wildman–Crippen LogP) is 0.842. The van der Waals surface area contributed by atoms with E-state index in [1.165, 1.54) is 0 Å². The van der Waals surface area contributed by atoms with Gasteiger partial charge in [-0.05, 0) is 32.8 Å². The highest BCUT2D eigenvalue weighted by Crippen LogP contribution is 2.12. The summed E-state index contributed by atoms with van der Waals surface area (Å²) in [6, 6.07) is 1.36. The lowest BCUT2D eigenvalue weighted by molar-refractivity contribution is -0.130. The van der Waals surface area contributed by atoms with Gasteiger partial charge < -0.3 is 16.0 Å². The van der Waals surface area contributed by atoms with Gasteiger partial charge in [0.05, 0.1) is 0 Å². The highest BCUT2D eigenvalue weighted by molar-refractivity contribution is 7.80. The number of rotatable bonds is 4. The highest BCUT2D eigenvalue weighted by atomic mass is 32.1. The number of thiocarbonyl (C=S) groups is 1. The zero-order chi connectivity index (χ0) is 14.7. The lowest BCUT2D eigenvalue weighted by atomic mass is 10.3. The molecule has 1 aromatic heterocycles. The van der Waals surface area contributed by atoms with Crippen LogP contribution in [0.1, 0.15) is 31.2 Å². The van der Waals surface area contributed by atoms with Crippen LogP contribution in [0.4, 0.5) is 5.95 Å². The minimum atomic E-state index is -0.367. The van der Waals surface area contributed by atoms with Gasteiger partial charge in [0.25, 0.3) is 0 Å². The largest absolute Gasteiger partial charge is 0.388 e. The van der Waals surface area contributed by atoms with E-state index in [1.54, 1.807) is 6.07 Å². The van der Waals surface area contributed by atoms with Gasteiger partial charge in [-0.1, -0.05) is 12.2 Å². The van der Waals surface area contributed by atoms with Crippen molar-refractivity contribution in [3.05, 3.63) is 17.5 Å². The van der Waals surface area contributed by atoms with E-state index in [0.29, 0.717) is 11.6 Å². The van der Waals surface area contributed by atoms with Gasteiger partial charge in [0.15, 0.2) is 0 Å². The molecule has 7 heteroatoms. The van der Waals surface area contributed by atoms with Crippen LogP contribution in [-0.4, -0.2) is 44.9 Å². The third kappa shape index (κ3) is 3.41. The first kappa shape index (κ1) is 14.6. The summed E-state index contributed by atoms with van der Waals surface area (Å²) in [7, 11) is 0. The normalized spacial score (nSPS) is 16.0. The fraction of sp³-hybridized carbons (Fsp3) is 0.538. The maximum atomic E-state index is 12.2. The van der Waals surface area contributed by atoms with Gasteiger partial charge in [0, 0.05) is 18.8 Å². The lowest BCUT2D eigenvalue weighted by Crippen LogP contribution is -2.40. The van der Waals surface area contributed by atoms with Crippen LogP contribution in [0.2, 0.25) is 0 Å². The van der Waals surface area contributed by atoms with Crippen molar-refractivity contribution in [2.45, 2.75) is 32.7 Å². The molecular formula is C13H19N5OS. The molecular weight excluding hydrogens is 274 g/mol. The molecule has 2 heterocycles. The minimum absolute atomic E-state index is 0.0736. The number of hydrogen-bond acceptors (Lipinski definition) is 5. The molecule has 0 spiro atoms. The van der Waals surface area contributed by atoms with Gasteiger partial charge >= 0.3 is 0 Å². The van der Waals surface area contributed by atoms with Crippen LogP contribution in [-0.2, 0) is 4.79 Å². The Hall–Kier alpha value is -1.76. The first-order valence-electron chi connectivity index (χ1n) is 6.68. The van der Waals surface area contributed by atoms with E-state index in [2.05, 4.69) is 15.3 Å². The SMILES string of the molecule is Cc1cc(C(N)=S)nc(NC(C)C(=O)N2CCCC2)n1. The molecule has 0 saturated carbocycles. The smallest absolute Gasteiger partial charge is 0.244 e. The first-order valence-corrected chi connectivity index (χ1v) is 7.09. The summed E-state index contributed by atoms with van der Waals surface area (Å²) in [6.07, 6.45) is 2.15. The molecule has 0 aromatic carbocycles. The zero-order valence-electron chi connectivity index (χ0n) is 11.7. The number of carbonyl (C=O) groups is 1. The number of hydrogen-bond donors (Lipinski definition) is 2. The summed E-state index contributed by atoms with van der Waals surface area (Å²) < 4.78 is 0. The summed E-state index contributed by atoms with van der Waals surface area (Å²) in [5, 5.41) is 3.03. The van der Waals surface area contributed by atoms with E-state index in [4.69, 9.17) is 18.0 Å². The maximum Gasteiger partial charge on any atom is 0.244 e. The van der Waals surface area contributed by atoms with E-state index in [0.717, 1.165) is 31.6 Å². The van der Waals surface area contributed by atoms with Crippen molar-refractivity contribution in [1.29, 1.82) is 0 Å². The van der Waals surface area contributed by atoms with E-state index < -0.39 is 0 Å². The van der Waals surface area contributed by atoms with Crippen molar-refractivity contribution in [2.24, 2.45) is 5.73 Å². The van der Waals surface area contributed by atoms with Crippen molar-refractivity contribution in [3.63, 3.8) is 0 Å². The Labute approximate surface area is 123 Å². The molecule has 1 aliphatic heterocycles. The molecule has 1 amide bonds. The summed E-state index contributed by atoms with van der Waals surface area (Å²) in [4.78, 5) is 22.8. The second kappa shape index (κ2) is 6.13. The number of nitrogens with two attached hydrogens (primary N) is 1. The molecule has 0 radical (unpaired) electrons. The molecule has 1 aliphatic rings. The summed E-state index contributed by atoms with van der Waals surface area (Å²) in [5.74, 6) is 0.456. The summed E-state index contributed by atoms with van der Waals surface area (Å²) in [5.41, 5.74) is 6.85. The number of amides is 1. The fourth-order valence-corrected chi connectivity index (χ4v) is 2.33. The average Bonchev–Trinajstić information content (AvgIpc) is 2.90. The molecule has 108 valence electrons. The minimum Gasteiger partial charge on any atom is -0.388 e. The monoisotopic (exact) mass is 293 g/mol. The molecule has 1 aromatic rings. The van der Waals surface area contributed by atoms with Crippen LogP contribution >= 0.6 is 12.2 Å². The molecule has 2 rings (SSSR count). The van der Waals surface area contributed by atoms with Crippen LogP contribution in [0.25, 0.3) is 0 Å². The Morgan fingerprint density at radius 2 is 2.10 bits per heavy atom. The van der Waals surface area contributed by atoms with Gasteiger partial charge in [-0.15, -0.1) is 0 Å². The topological polar surface area (TPSA) is 84.1 Å². The van der Waals surface area contributed by atoms with Crippen LogP contribution in [0.3, 0.4) is 0 Å². The van der Waals surface area contributed by atoms with Crippen LogP contribution < -0.4 is 11.1 Å². The number of likely N-dealkylation sites (tertiary alicyclic amines) is 1. The quantitative estimate of drug-likeness (QED) is 0.800. The zero-order valence-corrected chi connectivity index (χ0v) is 12.5. The van der Waals surface area contributed by atoms with Crippen molar-refractivity contribution in [1.82, 2.24) is 14.9 Å². The van der Waals surface area contributed by atoms with Crippen molar-refractivity contribution >= 4 is 29.1 Å². The second-order valence-corrected chi connectivity index (χ2v) is 5.42. The lowest BCUT2D eigenvalue weighted by Gasteiger charge is -2.21. The molecule has 0 aliphatic carbocycles. The molecule has 1 unspecified atom stereocenters. The van der Waals surface area contributed by atoms with E-state index in [9.17, 15) is 4.79 Å². The fourth-order valence-electron chi connectivity index (χ4n) is 2.23. The van der Waals surface area contributed by atoms with Crippen LogP contribution in [0.5, 0.6) is 0 Å². The molecule has 1 saturated heterocycles.